The minimum atomic E-state index is -2.46. The van der Waals surface area contributed by atoms with E-state index in [0.29, 0.717) is 11.1 Å². The van der Waals surface area contributed by atoms with Gasteiger partial charge in [-0.2, -0.15) is 0 Å². The second kappa shape index (κ2) is 5.14. The summed E-state index contributed by atoms with van der Waals surface area (Å²) < 4.78 is 25.9. The zero-order chi connectivity index (χ0) is 13.1. The first kappa shape index (κ1) is 12.5. The predicted octanol–water partition coefficient (Wildman–Crippen LogP) is 1.33. The third-order valence-corrected chi connectivity index (χ3v) is 3.14. The molecule has 5 nitrogen and oxygen atoms in total. The fourth-order valence-electron chi connectivity index (χ4n) is 1.70. The highest BCUT2D eigenvalue weighted by Gasteiger charge is 2.14. The van der Waals surface area contributed by atoms with Crippen molar-refractivity contribution in [2.75, 3.05) is 0 Å². The Bertz CT molecular complexity index is 636. The maximum absolute atomic E-state index is 12.0. The average Bonchev–Trinajstić information content (AvgIpc) is 2.80. The zero-order valence-corrected chi connectivity index (χ0v) is 10.5. The Morgan fingerprint density at radius 2 is 2.11 bits per heavy atom. The molecule has 0 fully saturated rings. The van der Waals surface area contributed by atoms with E-state index in [1.165, 1.54) is 12.3 Å². The molecule has 18 heavy (non-hydrogen) atoms. The third kappa shape index (κ3) is 2.65. The van der Waals surface area contributed by atoms with Crippen LogP contribution >= 0.6 is 0 Å². The van der Waals surface area contributed by atoms with Crippen LogP contribution in [0.4, 0.5) is 0 Å². The first-order valence-corrected chi connectivity index (χ1v) is 6.60. The molecule has 0 aliphatic heterocycles. The number of nitrogens with zero attached hydrogens (tertiary/aromatic N) is 1. The zero-order valence-electron chi connectivity index (χ0n) is 9.62. The summed E-state index contributed by atoms with van der Waals surface area (Å²) in [6.45, 7) is 1.76. The number of aryl methyl sites for hydroxylation is 1. The highest BCUT2D eigenvalue weighted by molar-refractivity contribution is 7.71. The van der Waals surface area contributed by atoms with E-state index in [-0.39, 0.29) is 17.2 Å². The fraction of sp³-hybridized carbons (Fsp3) is 0.167. The van der Waals surface area contributed by atoms with Crippen molar-refractivity contribution >= 4 is 16.5 Å². The largest absolute Gasteiger partial charge is 0.364 e. The first-order chi connectivity index (χ1) is 8.58. The normalized spacial score (nSPS) is 10.8. The van der Waals surface area contributed by atoms with Gasteiger partial charge in [-0.05, 0) is 18.1 Å². The van der Waals surface area contributed by atoms with Crippen LogP contribution in [-0.4, -0.2) is 19.4 Å². The molecule has 0 radical (unpaired) electrons. The summed E-state index contributed by atoms with van der Waals surface area (Å²) >= 11 is 0. The third-order valence-electron chi connectivity index (χ3n) is 2.52. The van der Waals surface area contributed by atoms with Crippen molar-refractivity contribution in [1.29, 1.82) is 0 Å². The van der Waals surface area contributed by atoms with Gasteiger partial charge in [0.2, 0.25) is 5.78 Å². The van der Waals surface area contributed by atoms with E-state index in [1.54, 1.807) is 25.1 Å². The molecular formula is C12H11NO4S. The molecule has 1 heterocycles. The maximum Gasteiger partial charge on any atom is 0.215 e. The Balaban J connectivity index is 2.33. The van der Waals surface area contributed by atoms with Crippen LogP contribution in [0.3, 0.4) is 0 Å². The second-order valence-electron chi connectivity index (χ2n) is 3.85. The highest BCUT2D eigenvalue weighted by atomic mass is 32.2. The fourth-order valence-corrected chi connectivity index (χ4v) is 2.19. The summed E-state index contributed by atoms with van der Waals surface area (Å²) in [5.41, 5.74) is 2.12. The van der Waals surface area contributed by atoms with E-state index in [2.05, 4.69) is 9.68 Å². The van der Waals surface area contributed by atoms with Gasteiger partial charge in [0.1, 0.15) is 17.0 Å². The summed E-state index contributed by atoms with van der Waals surface area (Å²) in [5.74, 6) is -0.256. The van der Waals surface area contributed by atoms with Gasteiger partial charge in [0.25, 0.3) is 0 Å². The molecule has 1 aromatic heterocycles. The van der Waals surface area contributed by atoms with Crippen molar-refractivity contribution in [3.05, 3.63) is 52.9 Å². The number of rotatable bonds is 4. The van der Waals surface area contributed by atoms with E-state index in [0.717, 1.165) is 5.56 Å². The Morgan fingerprint density at radius 1 is 1.33 bits per heavy atom. The maximum atomic E-state index is 12.0. The Kier molecular flexibility index (Phi) is 3.57. The minimum Gasteiger partial charge on any atom is -0.364 e. The van der Waals surface area contributed by atoms with Gasteiger partial charge in [-0.3, -0.25) is 4.79 Å². The summed E-state index contributed by atoms with van der Waals surface area (Å²) in [6, 6.07) is 6.43. The molecule has 0 N–H and O–H groups in total. The topological polar surface area (TPSA) is 77.2 Å². The quantitative estimate of drug-likeness (QED) is 0.666. The molecular weight excluding hydrogens is 254 g/mol. The molecule has 0 aliphatic carbocycles. The van der Waals surface area contributed by atoms with Crippen molar-refractivity contribution in [2.24, 2.45) is 0 Å². The first-order valence-electron chi connectivity index (χ1n) is 5.24. The Labute approximate surface area is 105 Å². The smallest absolute Gasteiger partial charge is 0.215 e. The lowest BCUT2D eigenvalue weighted by Crippen LogP contribution is -2.04. The Morgan fingerprint density at radius 3 is 2.67 bits per heavy atom. The molecule has 0 bridgehead atoms. The van der Waals surface area contributed by atoms with E-state index < -0.39 is 10.7 Å². The summed E-state index contributed by atoms with van der Waals surface area (Å²) in [7, 11) is -2.46. The molecule has 1 aromatic carbocycles. The van der Waals surface area contributed by atoms with Crippen LogP contribution in [0.25, 0.3) is 0 Å². The number of hydrogen-bond acceptors (Lipinski definition) is 5. The molecule has 0 atom stereocenters. The van der Waals surface area contributed by atoms with Crippen LogP contribution in [-0.2, 0) is 16.5 Å². The van der Waals surface area contributed by atoms with Crippen LogP contribution in [0.1, 0.15) is 27.2 Å². The van der Waals surface area contributed by atoms with Crippen molar-refractivity contribution in [1.82, 2.24) is 5.16 Å². The number of ketones is 1. The number of hydrogen-bond donors (Lipinski definition) is 1. The van der Waals surface area contributed by atoms with E-state index in [9.17, 15) is 13.2 Å². The summed E-state index contributed by atoms with van der Waals surface area (Å²) in [5, 5.41) is 3.58. The van der Waals surface area contributed by atoms with Crippen LogP contribution in [0.2, 0.25) is 0 Å². The molecule has 0 saturated carbocycles. The van der Waals surface area contributed by atoms with Crippen molar-refractivity contribution in [2.45, 2.75) is 12.7 Å². The van der Waals surface area contributed by atoms with Crippen LogP contribution in [0.5, 0.6) is 0 Å². The van der Waals surface area contributed by atoms with Crippen molar-refractivity contribution in [3.63, 3.8) is 0 Å². The van der Waals surface area contributed by atoms with Crippen molar-refractivity contribution in [3.8, 4) is 0 Å². The molecule has 2 rings (SSSR count). The lowest BCUT2D eigenvalue weighted by atomic mass is 10.0. The molecule has 0 spiro atoms. The molecule has 6 heteroatoms. The number of thiol groups is 1. The van der Waals surface area contributed by atoms with Crippen LogP contribution in [0, 0.1) is 6.92 Å². The van der Waals surface area contributed by atoms with Gasteiger partial charge in [0.15, 0.2) is 5.69 Å². The molecule has 0 amide bonds. The number of carbonyl (C=O) groups excluding carboxylic acids is 1. The monoisotopic (exact) mass is 265 g/mol. The molecule has 0 saturated heterocycles. The van der Waals surface area contributed by atoms with Gasteiger partial charge in [0, 0.05) is 11.6 Å². The van der Waals surface area contributed by atoms with Crippen LogP contribution in [0.15, 0.2) is 35.1 Å². The lowest BCUT2D eigenvalue weighted by molar-refractivity contribution is 0.103. The van der Waals surface area contributed by atoms with Crippen LogP contribution < -0.4 is 0 Å². The van der Waals surface area contributed by atoms with E-state index >= 15 is 0 Å². The number of aromatic nitrogens is 1. The highest BCUT2D eigenvalue weighted by Crippen LogP contribution is 2.15. The summed E-state index contributed by atoms with van der Waals surface area (Å²) in [4.78, 5) is 12.0. The molecule has 0 aliphatic rings. The van der Waals surface area contributed by atoms with Gasteiger partial charge in [0.05, 0.1) is 5.75 Å². The van der Waals surface area contributed by atoms with Gasteiger partial charge in [-0.15, -0.1) is 0 Å². The average molecular weight is 265 g/mol. The molecule has 94 valence electrons. The molecule has 0 unspecified atom stereocenters. The van der Waals surface area contributed by atoms with E-state index in [1.807, 2.05) is 0 Å². The summed E-state index contributed by atoms with van der Waals surface area (Å²) in [6.07, 6.45) is 1.33. The standard InChI is InChI=1S/C12H11NO4S/c1-8-6-9(7-18(15)16)2-3-10(8)12(14)11-4-5-17-13-11/h2-6,18H,7H2,1H3. The Hall–Kier alpha value is -1.95. The van der Waals surface area contributed by atoms with Gasteiger partial charge >= 0.3 is 0 Å². The van der Waals surface area contributed by atoms with E-state index in [4.69, 9.17) is 0 Å². The lowest BCUT2D eigenvalue weighted by Gasteiger charge is -2.04. The number of carbonyl (C=O) groups is 1. The SMILES string of the molecule is Cc1cc(C[SH](=O)=O)ccc1C(=O)c1ccon1. The van der Waals surface area contributed by atoms with Gasteiger partial charge in [-0.1, -0.05) is 23.4 Å². The van der Waals surface area contributed by atoms with Gasteiger partial charge < -0.3 is 4.52 Å². The predicted molar refractivity (Wildman–Crippen MR) is 65.1 cm³/mol. The van der Waals surface area contributed by atoms with Gasteiger partial charge in [-0.25, -0.2) is 8.42 Å². The second-order valence-corrected chi connectivity index (χ2v) is 4.84. The molecule has 2 aromatic rings. The number of benzene rings is 1. The van der Waals surface area contributed by atoms with Crippen molar-refractivity contribution < 1.29 is 17.7 Å². The minimum absolute atomic E-state index is 0.0192.